The molecule has 0 spiro atoms. The fourth-order valence-electron chi connectivity index (χ4n) is 4.69. The van der Waals surface area contributed by atoms with Gasteiger partial charge in [-0.3, -0.25) is 19.3 Å². The lowest BCUT2D eigenvalue weighted by Gasteiger charge is -2.25. The van der Waals surface area contributed by atoms with Crippen molar-refractivity contribution in [1.82, 2.24) is 5.32 Å². The molecule has 1 aliphatic rings. The van der Waals surface area contributed by atoms with Crippen LogP contribution in [0.3, 0.4) is 0 Å². The maximum absolute atomic E-state index is 13.7. The molecule has 42 heavy (non-hydrogen) atoms. The summed E-state index contributed by atoms with van der Waals surface area (Å²) in [5.74, 6) is 1.04. The Morgan fingerprint density at radius 3 is 2.48 bits per heavy atom. The Bertz CT molecular complexity index is 1410. The number of thioether (sulfide) groups is 1. The predicted molar refractivity (Wildman–Crippen MR) is 164 cm³/mol. The molecule has 1 fully saturated rings. The Hall–Kier alpha value is -4.18. The molecular formula is C32H37N3O6S. The highest BCUT2D eigenvalue weighted by molar-refractivity contribution is 8.01. The van der Waals surface area contributed by atoms with Gasteiger partial charge in [-0.15, -0.1) is 11.8 Å². The van der Waals surface area contributed by atoms with E-state index in [4.69, 9.17) is 19.9 Å². The van der Waals surface area contributed by atoms with Gasteiger partial charge in [0.2, 0.25) is 17.7 Å². The van der Waals surface area contributed by atoms with E-state index in [1.165, 1.54) is 11.8 Å². The molecule has 0 unspecified atom stereocenters. The molecule has 0 bridgehead atoms. The molecule has 3 aromatic carbocycles. The average Bonchev–Trinajstić information content (AvgIpc) is 3.28. The molecule has 2 atom stereocenters. The highest BCUT2D eigenvalue weighted by atomic mass is 32.2. The van der Waals surface area contributed by atoms with Crippen LogP contribution >= 0.6 is 11.8 Å². The Balaban J connectivity index is 1.47. The van der Waals surface area contributed by atoms with Gasteiger partial charge in [0.05, 0.1) is 25.1 Å². The van der Waals surface area contributed by atoms with Gasteiger partial charge in [-0.25, -0.2) is 0 Å². The molecular weight excluding hydrogens is 554 g/mol. The van der Waals surface area contributed by atoms with Crippen LogP contribution in [0.4, 0.5) is 5.69 Å². The van der Waals surface area contributed by atoms with Crippen LogP contribution in [0.2, 0.25) is 0 Å². The number of carbonyl (C=O) groups is 3. The predicted octanol–water partition coefficient (Wildman–Crippen LogP) is 4.88. The summed E-state index contributed by atoms with van der Waals surface area (Å²) < 4.78 is 16.8. The zero-order chi connectivity index (χ0) is 30.2. The van der Waals surface area contributed by atoms with E-state index in [1.807, 2.05) is 63.2 Å². The van der Waals surface area contributed by atoms with Crippen LogP contribution < -0.4 is 30.2 Å². The molecule has 0 radical (unpaired) electrons. The van der Waals surface area contributed by atoms with E-state index in [0.717, 1.165) is 16.9 Å². The SMILES string of the molecule is CCOc1cc(CCNC(=O)C[C@H]2S[C@@H](c3ccc(OC(C)C)cc3)N(c3cccc(C(N)=O)c3)C2=O)ccc1OC. The number of rotatable bonds is 13. The zero-order valence-electron chi connectivity index (χ0n) is 24.3. The fraction of sp³-hybridized carbons (Fsp3) is 0.344. The molecule has 222 valence electrons. The number of benzene rings is 3. The molecule has 1 aliphatic heterocycles. The molecule has 1 heterocycles. The molecule has 1 saturated heterocycles. The van der Waals surface area contributed by atoms with Crippen molar-refractivity contribution in [3.63, 3.8) is 0 Å². The number of methoxy groups -OCH3 is 1. The normalized spacial score (nSPS) is 16.4. The Morgan fingerprint density at radius 1 is 1.05 bits per heavy atom. The average molecular weight is 592 g/mol. The van der Waals surface area contributed by atoms with Gasteiger partial charge in [0, 0.05) is 24.2 Å². The highest BCUT2D eigenvalue weighted by Gasteiger charge is 2.43. The number of nitrogens with two attached hydrogens (primary N) is 1. The standard InChI is InChI=1S/C32H37N3O6S/c1-5-40-27-17-21(9-14-26(27)39-4)15-16-34-29(36)19-28-31(38)35(24-8-6-7-23(18-24)30(33)37)32(42-28)22-10-12-25(13-11-22)41-20(2)3/h6-14,17-18,20,28,32H,5,15-16,19H2,1-4H3,(H2,33,37)(H,34,36)/t28-,32+/m1/s1. The van der Waals surface area contributed by atoms with Crippen LogP contribution in [0.1, 0.15) is 54.1 Å². The summed E-state index contributed by atoms with van der Waals surface area (Å²) in [6.45, 7) is 6.75. The summed E-state index contributed by atoms with van der Waals surface area (Å²) in [5.41, 5.74) is 8.23. The van der Waals surface area contributed by atoms with Crippen molar-refractivity contribution in [2.45, 2.75) is 50.3 Å². The monoisotopic (exact) mass is 591 g/mol. The van der Waals surface area contributed by atoms with Crippen LogP contribution in [0.5, 0.6) is 17.2 Å². The van der Waals surface area contributed by atoms with Crippen molar-refractivity contribution >= 4 is 35.2 Å². The topological polar surface area (TPSA) is 120 Å². The molecule has 3 aromatic rings. The van der Waals surface area contributed by atoms with Crippen LogP contribution in [-0.4, -0.2) is 49.3 Å². The molecule has 10 heteroatoms. The lowest BCUT2D eigenvalue weighted by Crippen LogP contribution is -2.34. The number of amides is 3. The minimum absolute atomic E-state index is 0.0212. The molecule has 0 aromatic heterocycles. The summed E-state index contributed by atoms with van der Waals surface area (Å²) in [7, 11) is 1.59. The number of anilines is 1. The number of carbonyl (C=O) groups excluding carboxylic acids is 3. The maximum atomic E-state index is 13.7. The van der Waals surface area contributed by atoms with Crippen molar-refractivity contribution < 1.29 is 28.6 Å². The first-order chi connectivity index (χ1) is 20.2. The number of primary amides is 1. The number of hydrogen-bond donors (Lipinski definition) is 2. The van der Waals surface area contributed by atoms with Gasteiger partial charge in [0.25, 0.3) is 0 Å². The van der Waals surface area contributed by atoms with Gasteiger partial charge in [-0.1, -0.05) is 24.3 Å². The summed E-state index contributed by atoms with van der Waals surface area (Å²) in [6, 6.07) is 19.9. The number of nitrogens with zero attached hydrogens (tertiary/aromatic N) is 1. The van der Waals surface area contributed by atoms with E-state index in [1.54, 1.807) is 36.3 Å². The lowest BCUT2D eigenvalue weighted by molar-refractivity contribution is -0.124. The van der Waals surface area contributed by atoms with Gasteiger partial charge in [0.15, 0.2) is 11.5 Å². The second kappa shape index (κ2) is 14.1. The summed E-state index contributed by atoms with van der Waals surface area (Å²) in [6.07, 6.45) is 0.652. The molecule has 9 nitrogen and oxygen atoms in total. The minimum Gasteiger partial charge on any atom is -0.493 e. The van der Waals surface area contributed by atoms with Gasteiger partial charge in [0.1, 0.15) is 11.1 Å². The number of nitrogens with one attached hydrogen (secondary N) is 1. The van der Waals surface area contributed by atoms with Gasteiger partial charge < -0.3 is 25.3 Å². The van der Waals surface area contributed by atoms with Crippen molar-refractivity contribution in [1.29, 1.82) is 0 Å². The van der Waals surface area contributed by atoms with E-state index in [2.05, 4.69) is 5.32 Å². The third-order valence-electron chi connectivity index (χ3n) is 6.62. The first-order valence-electron chi connectivity index (χ1n) is 13.9. The second-order valence-corrected chi connectivity index (χ2v) is 11.3. The van der Waals surface area contributed by atoms with Gasteiger partial charge in [-0.05, 0) is 80.8 Å². The number of hydrogen-bond acceptors (Lipinski definition) is 7. The third kappa shape index (κ3) is 7.55. The van der Waals surface area contributed by atoms with Crippen molar-refractivity contribution in [3.8, 4) is 17.2 Å². The van der Waals surface area contributed by atoms with E-state index in [0.29, 0.717) is 42.3 Å². The van der Waals surface area contributed by atoms with E-state index in [-0.39, 0.29) is 24.3 Å². The van der Waals surface area contributed by atoms with E-state index < -0.39 is 16.5 Å². The minimum atomic E-state index is -0.607. The van der Waals surface area contributed by atoms with Crippen molar-refractivity contribution in [3.05, 3.63) is 83.4 Å². The zero-order valence-corrected chi connectivity index (χ0v) is 25.1. The summed E-state index contributed by atoms with van der Waals surface area (Å²) >= 11 is 1.41. The Kier molecular flexibility index (Phi) is 10.4. The smallest absolute Gasteiger partial charge is 0.248 e. The molecule has 0 aliphatic carbocycles. The third-order valence-corrected chi connectivity index (χ3v) is 8.06. The lowest BCUT2D eigenvalue weighted by atomic mass is 10.1. The summed E-state index contributed by atoms with van der Waals surface area (Å²) in [5, 5.41) is 1.94. The van der Waals surface area contributed by atoms with E-state index in [9.17, 15) is 14.4 Å². The Labute approximate surface area is 250 Å². The largest absolute Gasteiger partial charge is 0.493 e. The molecule has 3 N–H and O–H groups in total. The molecule has 3 amide bonds. The second-order valence-electron chi connectivity index (χ2n) is 10.1. The van der Waals surface area contributed by atoms with Gasteiger partial charge >= 0.3 is 0 Å². The highest BCUT2D eigenvalue weighted by Crippen LogP contribution is 2.47. The van der Waals surface area contributed by atoms with Crippen molar-refractivity contribution in [2.24, 2.45) is 5.73 Å². The summed E-state index contributed by atoms with van der Waals surface area (Å²) in [4.78, 5) is 40.2. The van der Waals surface area contributed by atoms with E-state index >= 15 is 0 Å². The number of ether oxygens (including phenoxy) is 3. The van der Waals surface area contributed by atoms with Crippen LogP contribution in [0, 0.1) is 0 Å². The Morgan fingerprint density at radius 2 is 1.81 bits per heavy atom. The fourth-order valence-corrected chi connectivity index (χ4v) is 6.15. The first kappa shape index (κ1) is 30.8. The first-order valence-corrected chi connectivity index (χ1v) is 14.9. The van der Waals surface area contributed by atoms with Crippen LogP contribution in [0.25, 0.3) is 0 Å². The van der Waals surface area contributed by atoms with Crippen molar-refractivity contribution in [2.75, 3.05) is 25.2 Å². The molecule has 0 saturated carbocycles. The van der Waals surface area contributed by atoms with Gasteiger partial charge in [-0.2, -0.15) is 0 Å². The van der Waals surface area contributed by atoms with Crippen LogP contribution in [0.15, 0.2) is 66.7 Å². The maximum Gasteiger partial charge on any atom is 0.248 e. The van der Waals surface area contributed by atoms with Crippen LogP contribution in [-0.2, 0) is 16.0 Å². The quantitative estimate of drug-likeness (QED) is 0.291. The molecule has 4 rings (SSSR count).